The number of benzene rings is 1. The second-order valence-corrected chi connectivity index (χ2v) is 5.92. The molecule has 10 heteroatoms. The number of rotatable bonds is 6. The number of hydrogen-bond acceptors (Lipinski definition) is 8. The van der Waals surface area contributed by atoms with Crippen molar-refractivity contribution in [2.75, 3.05) is 7.11 Å². The molecule has 1 unspecified atom stereocenters. The zero-order chi connectivity index (χ0) is 19.6. The van der Waals surface area contributed by atoms with Crippen molar-refractivity contribution in [1.82, 2.24) is 5.32 Å². The fourth-order valence-electron chi connectivity index (χ4n) is 2.79. The van der Waals surface area contributed by atoms with E-state index in [-0.39, 0.29) is 11.8 Å². The molecule has 2 aromatic rings. The predicted octanol–water partition coefficient (Wildman–Crippen LogP) is 1.82. The lowest BCUT2D eigenvalue weighted by Gasteiger charge is -2.28. The highest BCUT2D eigenvalue weighted by molar-refractivity contribution is 5.81. The zero-order valence-corrected chi connectivity index (χ0v) is 14.4. The number of aryl methyl sites for hydroxylation is 2. The summed E-state index contributed by atoms with van der Waals surface area (Å²) in [5, 5.41) is 13.2. The number of halogens is 1. The second-order valence-electron chi connectivity index (χ2n) is 5.92. The van der Waals surface area contributed by atoms with E-state index in [0.717, 1.165) is 11.8 Å². The minimum atomic E-state index is -1.74. The summed E-state index contributed by atoms with van der Waals surface area (Å²) in [4.78, 5) is 14.1. The molecule has 1 atom stereocenters. The number of furan rings is 1. The molecule has 0 saturated heterocycles. The van der Waals surface area contributed by atoms with Gasteiger partial charge in [0.25, 0.3) is 0 Å². The van der Waals surface area contributed by atoms with Crippen molar-refractivity contribution in [3.8, 4) is 5.75 Å². The monoisotopic (exact) mass is 375 g/mol. The van der Waals surface area contributed by atoms with Gasteiger partial charge in [0.1, 0.15) is 16.4 Å². The molecule has 0 aliphatic carbocycles. The van der Waals surface area contributed by atoms with E-state index in [0.29, 0.717) is 29.9 Å². The van der Waals surface area contributed by atoms with Crippen molar-refractivity contribution in [3.05, 3.63) is 69.4 Å². The molecular weight excluding hydrogens is 357 g/mol. The van der Waals surface area contributed by atoms with Crippen molar-refractivity contribution in [2.45, 2.75) is 18.5 Å². The summed E-state index contributed by atoms with van der Waals surface area (Å²) in [6.07, 6.45) is 1.88. The van der Waals surface area contributed by atoms with Crippen molar-refractivity contribution in [1.29, 1.82) is 0 Å². The first-order chi connectivity index (χ1) is 12.8. The smallest absolute Gasteiger partial charge is 0.433 e. The van der Waals surface area contributed by atoms with Crippen LogP contribution in [0.2, 0.25) is 0 Å². The molecule has 0 radical (unpaired) electrons. The van der Waals surface area contributed by atoms with Crippen molar-refractivity contribution in [3.63, 3.8) is 0 Å². The summed E-state index contributed by atoms with van der Waals surface area (Å²) in [5.41, 5.74) is 11.1. The first-order valence-corrected chi connectivity index (χ1v) is 8.01. The van der Waals surface area contributed by atoms with Crippen LogP contribution in [0.5, 0.6) is 5.75 Å². The number of aliphatic imine (C=N–C) groups is 1. The normalized spacial score (nSPS) is 19.1. The van der Waals surface area contributed by atoms with Crippen molar-refractivity contribution in [2.24, 2.45) is 16.5 Å². The second kappa shape index (κ2) is 7.08. The molecule has 0 spiro atoms. The molecule has 1 aliphatic rings. The SMILES string of the molecule is COc1ccc(C2(N)N=C(N)NC=C2F)cc1CCc1ccc([N+](=O)[O-])o1. The molecule has 27 heavy (non-hydrogen) atoms. The number of methoxy groups -OCH3 is 1. The van der Waals surface area contributed by atoms with Crippen LogP contribution in [0, 0.1) is 10.1 Å². The van der Waals surface area contributed by atoms with Gasteiger partial charge in [0.15, 0.2) is 17.4 Å². The fraction of sp³-hybridized carbons (Fsp3) is 0.235. The van der Waals surface area contributed by atoms with Gasteiger partial charge in [-0.3, -0.25) is 15.8 Å². The summed E-state index contributed by atoms with van der Waals surface area (Å²) < 4.78 is 24.8. The molecule has 1 aliphatic heterocycles. The number of nitrogens with one attached hydrogen (secondary N) is 1. The number of ether oxygens (including phenoxy) is 1. The van der Waals surface area contributed by atoms with Crippen molar-refractivity contribution >= 4 is 11.8 Å². The largest absolute Gasteiger partial charge is 0.496 e. The Kier molecular flexibility index (Phi) is 4.82. The summed E-state index contributed by atoms with van der Waals surface area (Å²) in [7, 11) is 1.51. The lowest BCUT2D eigenvalue weighted by molar-refractivity contribution is -0.402. The third-order valence-electron chi connectivity index (χ3n) is 4.20. The third kappa shape index (κ3) is 3.60. The molecule has 1 aromatic carbocycles. The van der Waals surface area contributed by atoms with Gasteiger partial charge in [-0.15, -0.1) is 0 Å². The molecule has 0 bridgehead atoms. The molecular formula is C17H18FN5O4. The quantitative estimate of drug-likeness (QED) is 0.516. The first-order valence-electron chi connectivity index (χ1n) is 8.01. The highest BCUT2D eigenvalue weighted by Crippen LogP contribution is 2.34. The Labute approximate surface area is 153 Å². The lowest BCUT2D eigenvalue weighted by Crippen LogP contribution is -2.44. The minimum absolute atomic E-state index is 0.000775. The van der Waals surface area contributed by atoms with Gasteiger partial charge in [0.2, 0.25) is 0 Å². The zero-order valence-electron chi connectivity index (χ0n) is 14.4. The van der Waals surface area contributed by atoms with E-state index in [2.05, 4.69) is 10.3 Å². The van der Waals surface area contributed by atoms with Crippen LogP contribution < -0.4 is 21.5 Å². The molecule has 0 fully saturated rings. The molecule has 0 amide bonds. The van der Waals surface area contributed by atoms with Gasteiger partial charge in [-0.25, -0.2) is 9.38 Å². The Morgan fingerprint density at radius 1 is 1.37 bits per heavy atom. The highest BCUT2D eigenvalue weighted by atomic mass is 19.1. The van der Waals surface area contributed by atoms with E-state index in [1.807, 2.05) is 0 Å². The van der Waals surface area contributed by atoms with Gasteiger partial charge in [-0.2, -0.15) is 0 Å². The van der Waals surface area contributed by atoms with Crippen LogP contribution in [0.15, 0.2) is 51.8 Å². The highest BCUT2D eigenvalue weighted by Gasteiger charge is 2.35. The standard InChI is InChI=1S/C17H18FN5O4/c1-26-13-6-3-11(17(20)14(18)9-21-16(19)22-17)8-10(13)2-4-12-5-7-15(27-12)23(24)25/h3,5-9H,2,4,20H2,1H3,(H3,19,21,22). The molecule has 5 N–H and O–H groups in total. The van der Waals surface area contributed by atoms with Gasteiger partial charge in [-0.1, -0.05) is 6.07 Å². The first kappa shape index (κ1) is 18.4. The van der Waals surface area contributed by atoms with Crippen LogP contribution in [0.25, 0.3) is 0 Å². The van der Waals surface area contributed by atoms with E-state index in [9.17, 15) is 14.5 Å². The molecule has 1 aromatic heterocycles. The third-order valence-corrected chi connectivity index (χ3v) is 4.20. The molecule has 3 rings (SSSR count). The van der Waals surface area contributed by atoms with Crippen LogP contribution in [0.3, 0.4) is 0 Å². The number of nitro groups is 1. The number of hydrogen-bond donors (Lipinski definition) is 3. The molecule has 142 valence electrons. The van der Waals surface area contributed by atoms with Gasteiger partial charge in [0, 0.05) is 18.2 Å². The Hall–Kier alpha value is -3.40. The maximum absolute atomic E-state index is 14.3. The minimum Gasteiger partial charge on any atom is -0.496 e. The Morgan fingerprint density at radius 3 is 2.81 bits per heavy atom. The van der Waals surface area contributed by atoms with Crippen LogP contribution in [-0.4, -0.2) is 18.0 Å². The van der Waals surface area contributed by atoms with E-state index >= 15 is 0 Å². The summed E-state index contributed by atoms with van der Waals surface area (Å²) >= 11 is 0. The van der Waals surface area contributed by atoms with Gasteiger partial charge in [0.05, 0.1) is 13.2 Å². The molecule has 0 saturated carbocycles. The van der Waals surface area contributed by atoms with E-state index in [1.165, 1.54) is 13.2 Å². The fourth-order valence-corrected chi connectivity index (χ4v) is 2.79. The van der Waals surface area contributed by atoms with Crippen LogP contribution in [0.1, 0.15) is 16.9 Å². The van der Waals surface area contributed by atoms with Crippen molar-refractivity contribution < 1.29 is 18.5 Å². The topological polar surface area (TPSA) is 142 Å². The average molecular weight is 375 g/mol. The number of nitrogens with two attached hydrogens (primary N) is 2. The maximum Gasteiger partial charge on any atom is 0.433 e. The Bertz CT molecular complexity index is 939. The predicted molar refractivity (Wildman–Crippen MR) is 95.6 cm³/mol. The molecule has 9 nitrogen and oxygen atoms in total. The van der Waals surface area contributed by atoms with E-state index < -0.39 is 16.4 Å². The average Bonchev–Trinajstić information content (AvgIpc) is 3.12. The van der Waals surface area contributed by atoms with E-state index in [1.54, 1.807) is 24.3 Å². The number of nitrogens with zero attached hydrogens (tertiary/aromatic N) is 2. The van der Waals surface area contributed by atoms with Crippen LogP contribution >= 0.6 is 0 Å². The van der Waals surface area contributed by atoms with Crippen LogP contribution in [-0.2, 0) is 18.5 Å². The molecule has 2 heterocycles. The summed E-state index contributed by atoms with van der Waals surface area (Å²) in [6, 6.07) is 7.77. The van der Waals surface area contributed by atoms with Gasteiger partial charge in [-0.05, 0) is 30.2 Å². The maximum atomic E-state index is 14.3. The van der Waals surface area contributed by atoms with Gasteiger partial charge >= 0.3 is 5.88 Å². The Morgan fingerprint density at radius 2 is 2.15 bits per heavy atom. The summed E-state index contributed by atoms with van der Waals surface area (Å²) in [6.45, 7) is 0. The Balaban J connectivity index is 1.88. The van der Waals surface area contributed by atoms with E-state index in [4.69, 9.17) is 20.6 Å². The lowest BCUT2D eigenvalue weighted by atomic mass is 9.95. The number of guanidine groups is 1. The van der Waals surface area contributed by atoms with Crippen LogP contribution in [0.4, 0.5) is 10.3 Å². The van der Waals surface area contributed by atoms with Gasteiger partial charge < -0.3 is 20.2 Å². The summed E-state index contributed by atoms with van der Waals surface area (Å²) in [5.74, 6) is 0.0116.